The van der Waals surface area contributed by atoms with Crippen LogP contribution < -0.4 is 4.74 Å². The number of nitrogens with zero attached hydrogens (tertiary/aromatic N) is 2. The molecule has 0 saturated carbocycles. The predicted octanol–water partition coefficient (Wildman–Crippen LogP) is 4.45. The lowest BCUT2D eigenvalue weighted by Crippen LogP contribution is -1.90. The lowest BCUT2D eigenvalue weighted by atomic mass is 10.2. The van der Waals surface area contributed by atoms with Gasteiger partial charge in [0, 0.05) is 0 Å². The van der Waals surface area contributed by atoms with Crippen LogP contribution in [0.2, 0.25) is 5.02 Å². The second-order valence-electron chi connectivity index (χ2n) is 3.85. The van der Waals surface area contributed by atoms with Crippen LogP contribution in [0, 0.1) is 6.92 Å². The Hall–Kier alpha value is -1.65. The van der Waals surface area contributed by atoms with Crippen LogP contribution in [0.1, 0.15) is 5.56 Å². The number of rotatable bonds is 2. The summed E-state index contributed by atoms with van der Waals surface area (Å²) in [6, 6.07) is 7.59. The first-order valence-corrected chi connectivity index (χ1v) is 6.62. The topological polar surface area (TPSA) is 35.0 Å². The van der Waals surface area contributed by atoms with Gasteiger partial charge in [-0.25, -0.2) is 9.97 Å². The molecule has 0 radical (unpaired) electrons. The number of aromatic nitrogens is 2. The Balaban J connectivity index is 2.06. The molecule has 1 aromatic carbocycles. The maximum atomic E-state index is 6.11. The van der Waals surface area contributed by atoms with E-state index < -0.39 is 0 Å². The van der Waals surface area contributed by atoms with Crippen molar-refractivity contribution in [3.8, 4) is 11.6 Å². The number of thiophene rings is 1. The molecular weight excluding hydrogens is 268 g/mol. The Morgan fingerprint density at radius 3 is 3.00 bits per heavy atom. The summed E-state index contributed by atoms with van der Waals surface area (Å²) in [5, 5.41) is 3.44. The fourth-order valence-corrected chi connectivity index (χ4v) is 2.52. The highest BCUT2D eigenvalue weighted by molar-refractivity contribution is 7.16. The van der Waals surface area contributed by atoms with Gasteiger partial charge in [-0.15, -0.1) is 11.3 Å². The Kier molecular flexibility index (Phi) is 2.89. The van der Waals surface area contributed by atoms with Crippen LogP contribution in [0.4, 0.5) is 0 Å². The molecule has 0 unspecified atom stereocenters. The molecule has 0 aliphatic rings. The van der Waals surface area contributed by atoms with Crippen LogP contribution in [0.5, 0.6) is 11.6 Å². The highest BCUT2D eigenvalue weighted by atomic mass is 35.5. The molecule has 0 aliphatic carbocycles. The van der Waals surface area contributed by atoms with Crippen molar-refractivity contribution in [2.24, 2.45) is 0 Å². The lowest BCUT2D eigenvalue weighted by molar-refractivity contribution is 0.468. The van der Waals surface area contributed by atoms with Crippen molar-refractivity contribution in [3.05, 3.63) is 46.6 Å². The van der Waals surface area contributed by atoms with Crippen LogP contribution in [-0.4, -0.2) is 9.97 Å². The zero-order valence-electron chi connectivity index (χ0n) is 9.55. The van der Waals surface area contributed by atoms with Crippen molar-refractivity contribution in [3.63, 3.8) is 0 Å². The monoisotopic (exact) mass is 276 g/mol. The molecule has 0 spiro atoms. The van der Waals surface area contributed by atoms with Gasteiger partial charge in [-0.3, -0.25) is 0 Å². The molecule has 0 aliphatic heterocycles. The normalized spacial score (nSPS) is 10.8. The van der Waals surface area contributed by atoms with Gasteiger partial charge in [-0.2, -0.15) is 0 Å². The first-order chi connectivity index (χ1) is 8.74. The Labute approximate surface area is 113 Å². The number of aryl methyl sites for hydroxylation is 1. The van der Waals surface area contributed by atoms with Crippen LogP contribution >= 0.6 is 22.9 Å². The largest absolute Gasteiger partial charge is 0.437 e. The van der Waals surface area contributed by atoms with Crippen molar-refractivity contribution in [1.82, 2.24) is 9.97 Å². The number of fused-ring (bicyclic) bond motifs is 1. The third kappa shape index (κ3) is 2.05. The molecule has 5 heteroatoms. The Bertz CT molecular complexity index is 711. The number of ether oxygens (including phenoxy) is 1. The van der Waals surface area contributed by atoms with Crippen molar-refractivity contribution < 1.29 is 4.74 Å². The summed E-state index contributed by atoms with van der Waals surface area (Å²) in [5.74, 6) is 1.15. The number of hydrogen-bond acceptors (Lipinski definition) is 4. The van der Waals surface area contributed by atoms with Gasteiger partial charge in [0.15, 0.2) is 0 Å². The van der Waals surface area contributed by atoms with Crippen molar-refractivity contribution >= 4 is 33.2 Å². The van der Waals surface area contributed by atoms with Crippen molar-refractivity contribution in [2.45, 2.75) is 6.92 Å². The Morgan fingerprint density at radius 2 is 2.11 bits per heavy atom. The van der Waals surface area contributed by atoms with E-state index in [9.17, 15) is 0 Å². The molecule has 0 saturated heterocycles. The summed E-state index contributed by atoms with van der Waals surface area (Å²) in [6.07, 6.45) is 1.50. The molecule has 0 fully saturated rings. The van der Waals surface area contributed by atoms with Gasteiger partial charge in [0.05, 0.1) is 10.4 Å². The van der Waals surface area contributed by atoms with E-state index in [-0.39, 0.29) is 0 Å². The molecule has 3 rings (SSSR count). The molecule has 3 nitrogen and oxygen atoms in total. The summed E-state index contributed by atoms with van der Waals surface area (Å²) in [4.78, 5) is 9.24. The van der Waals surface area contributed by atoms with Crippen molar-refractivity contribution in [1.29, 1.82) is 0 Å². The summed E-state index contributed by atoms with van der Waals surface area (Å²) < 4.78 is 5.79. The molecule has 2 aromatic heterocycles. The second-order valence-corrected chi connectivity index (χ2v) is 5.16. The summed E-state index contributed by atoms with van der Waals surface area (Å²) in [7, 11) is 0. The maximum absolute atomic E-state index is 6.11. The molecule has 0 atom stereocenters. The average Bonchev–Trinajstić information content (AvgIpc) is 2.83. The zero-order chi connectivity index (χ0) is 12.5. The van der Waals surface area contributed by atoms with E-state index in [0.717, 1.165) is 15.8 Å². The number of benzene rings is 1. The SMILES string of the molecule is Cc1ccc(Cl)c(Oc2ncnc3sccc23)c1. The molecule has 3 aromatic rings. The predicted molar refractivity (Wildman–Crippen MR) is 73.7 cm³/mol. The summed E-state index contributed by atoms with van der Waals surface area (Å²) in [6.45, 7) is 1.99. The third-order valence-electron chi connectivity index (χ3n) is 2.52. The zero-order valence-corrected chi connectivity index (χ0v) is 11.1. The number of hydrogen-bond donors (Lipinski definition) is 0. The minimum absolute atomic E-state index is 0.536. The number of halogens is 1. The van der Waals surface area contributed by atoms with Gasteiger partial charge in [0.1, 0.15) is 16.9 Å². The maximum Gasteiger partial charge on any atom is 0.231 e. The Morgan fingerprint density at radius 1 is 1.22 bits per heavy atom. The quantitative estimate of drug-likeness (QED) is 0.694. The van der Waals surface area contributed by atoms with Gasteiger partial charge >= 0.3 is 0 Å². The third-order valence-corrected chi connectivity index (χ3v) is 3.65. The van der Waals surface area contributed by atoms with E-state index in [2.05, 4.69) is 9.97 Å². The second kappa shape index (κ2) is 4.55. The molecular formula is C13H9ClN2OS. The first-order valence-electron chi connectivity index (χ1n) is 5.36. The molecule has 0 N–H and O–H groups in total. The van der Waals surface area contributed by atoms with E-state index >= 15 is 0 Å². The fraction of sp³-hybridized carbons (Fsp3) is 0.0769. The van der Waals surface area contributed by atoms with Crippen molar-refractivity contribution in [2.75, 3.05) is 0 Å². The first kappa shape index (κ1) is 11.4. The molecule has 2 heterocycles. The standard InChI is InChI=1S/C13H9ClN2OS/c1-8-2-3-10(14)11(6-8)17-12-9-4-5-18-13(9)16-7-15-12/h2-7H,1H3. The van der Waals surface area contributed by atoms with Crippen LogP contribution in [0.3, 0.4) is 0 Å². The average molecular weight is 277 g/mol. The van der Waals surface area contributed by atoms with Crippen LogP contribution in [0.15, 0.2) is 36.0 Å². The highest BCUT2D eigenvalue weighted by Crippen LogP contribution is 2.33. The van der Waals surface area contributed by atoms with E-state index in [1.54, 1.807) is 11.3 Å². The van der Waals surface area contributed by atoms with Gasteiger partial charge in [0.25, 0.3) is 0 Å². The van der Waals surface area contributed by atoms with E-state index in [4.69, 9.17) is 16.3 Å². The van der Waals surface area contributed by atoms with Crippen LogP contribution in [-0.2, 0) is 0 Å². The minimum atomic E-state index is 0.536. The molecule has 0 bridgehead atoms. The molecule has 90 valence electrons. The van der Waals surface area contributed by atoms with E-state index in [1.807, 2.05) is 36.6 Å². The molecule has 18 heavy (non-hydrogen) atoms. The van der Waals surface area contributed by atoms with Gasteiger partial charge in [-0.1, -0.05) is 17.7 Å². The smallest absolute Gasteiger partial charge is 0.231 e. The lowest BCUT2D eigenvalue weighted by Gasteiger charge is -2.07. The highest BCUT2D eigenvalue weighted by Gasteiger charge is 2.09. The fourth-order valence-electron chi connectivity index (χ4n) is 1.64. The van der Waals surface area contributed by atoms with Gasteiger partial charge in [-0.05, 0) is 36.1 Å². The van der Waals surface area contributed by atoms with E-state index in [0.29, 0.717) is 16.7 Å². The van der Waals surface area contributed by atoms with Gasteiger partial charge < -0.3 is 4.74 Å². The summed E-state index contributed by atoms with van der Waals surface area (Å²) >= 11 is 7.66. The van der Waals surface area contributed by atoms with Gasteiger partial charge in [0.2, 0.25) is 5.88 Å². The van der Waals surface area contributed by atoms with Crippen LogP contribution in [0.25, 0.3) is 10.2 Å². The van der Waals surface area contributed by atoms with E-state index in [1.165, 1.54) is 6.33 Å². The molecule has 0 amide bonds. The summed E-state index contributed by atoms with van der Waals surface area (Å²) in [5.41, 5.74) is 1.09. The minimum Gasteiger partial charge on any atom is -0.437 e.